The third-order valence-electron chi connectivity index (χ3n) is 2.98. The van der Waals surface area contributed by atoms with Crippen LogP contribution in [0.2, 0.25) is 0 Å². The first-order chi connectivity index (χ1) is 10.1. The van der Waals surface area contributed by atoms with Crippen molar-refractivity contribution in [2.45, 2.75) is 25.3 Å². The van der Waals surface area contributed by atoms with Crippen molar-refractivity contribution in [3.63, 3.8) is 0 Å². The Hall–Kier alpha value is -0.910. The van der Waals surface area contributed by atoms with Crippen LogP contribution in [0.4, 0.5) is 0 Å². The Morgan fingerprint density at radius 3 is 2.38 bits per heavy atom. The second-order valence-electron chi connectivity index (χ2n) is 5.16. The molecular formula is C16H27NO3S. The molecule has 0 aromatic heterocycles. The molecule has 0 aliphatic heterocycles. The molecule has 0 unspecified atom stereocenters. The number of benzene rings is 1. The van der Waals surface area contributed by atoms with Crippen molar-refractivity contribution in [1.82, 2.24) is 5.32 Å². The van der Waals surface area contributed by atoms with Crippen LogP contribution in [0.1, 0.15) is 19.4 Å². The van der Waals surface area contributed by atoms with Gasteiger partial charge < -0.3 is 19.5 Å². The Balaban J connectivity index is 2.53. The molecule has 5 heteroatoms. The molecule has 21 heavy (non-hydrogen) atoms. The Morgan fingerprint density at radius 1 is 1.14 bits per heavy atom. The molecule has 0 bridgehead atoms. The largest absolute Gasteiger partial charge is 0.493 e. The van der Waals surface area contributed by atoms with Crippen molar-refractivity contribution in [2.75, 3.05) is 40.2 Å². The quantitative estimate of drug-likeness (QED) is 0.530. The van der Waals surface area contributed by atoms with Crippen LogP contribution < -0.4 is 14.8 Å². The lowest BCUT2D eigenvalue weighted by Crippen LogP contribution is -2.20. The van der Waals surface area contributed by atoms with E-state index in [1.807, 2.05) is 12.1 Å². The molecule has 0 spiro atoms. The maximum Gasteiger partial charge on any atom is 0.161 e. The van der Waals surface area contributed by atoms with E-state index >= 15 is 0 Å². The molecule has 0 fully saturated rings. The van der Waals surface area contributed by atoms with Gasteiger partial charge in [-0.05, 0) is 29.9 Å². The lowest BCUT2D eigenvalue weighted by Gasteiger charge is -2.14. The third-order valence-corrected chi connectivity index (χ3v) is 3.80. The van der Waals surface area contributed by atoms with Crippen LogP contribution in [0, 0.1) is 5.92 Å². The van der Waals surface area contributed by atoms with Gasteiger partial charge in [0.05, 0.1) is 20.8 Å². The van der Waals surface area contributed by atoms with Crippen LogP contribution in [0.25, 0.3) is 0 Å². The van der Waals surface area contributed by atoms with Crippen LogP contribution in [0.15, 0.2) is 17.0 Å². The van der Waals surface area contributed by atoms with Gasteiger partial charge in [0.25, 0.3) is 0 Å². The van der Waals surface area contributed by atoms with Gasteiger partial charge in [-0.15, -0.1) is 11.8 Å². The minimum atomic E-state index is 0.582. The topological polar surface area (TPSA) is 39.7 Å². The summed E-state index contributed by atoms with van der Waals surface area (Å²) >= 11 is 1.71. The zero-order valence-corrected chi connectivity index (χ0v) is 14.5. The molecule has 1 rings (SSSR count). The minimum Gasteiger partial charge on any atom is -0.493 e. The average Bonchev–Trinajstić information content (AvgIpc) is 2.49. The summed E-state index contributed by atoms with van der Waals surface area (Å²) in [5.41, 5.74) is 1.21. The first-order valence-electron chi connectivity index (χ1n) is 7.19. The fourth-order valence-corrected chi connectivity index (χ4v) is 2.54. The number of hydrogen-bond acceptors (Lipinski definition) is 5. The van der Waals surface area contributed by atoms with Gasteiger partial charge in [-0.2, -0.15) is 0 Å². The highest BCUT2D eigenvalue weighted by molar-refractivity contribution is 7.98. The fraction of sp³-hybridized carbons (Fsp3) is 0.625. The van der Waals surface area contributed by atoms with E-state index in [1.165, 1.54) is 10.5 Å². The normalized spacial score (nSPS) is 11.0. The van der Waals surface area contributed by atoms with Gasteiger partial charge in [0.1, 0.15) is 0 Å². The van der Waals surface area contributed by atoms with Crippen LogP contribution >= 0.6 is 11.8 Å². The Labute approximate surface area is 132 Å². The minimum absolute atomic E-state index is 0.582. The highest BCUT2D eigenvalue weighted by Crippen LogP contribution is 2.34. The summed E-state index contributed by atoms with van der Waals surface area (Å²) in [4.78, 5) is 1.20. The predicted molar refractivity (Wildman–Crippen MR) is 88.7 cm³/mol. The number of methoxy groups -OCH3 is 2. The molecule has 1 N–H and O–H groups in total. The molecule has 0 heterocycles. The van der Waals surface area contributed by atoms with E-state index in [1.54, 1.807) is 26.0 Å². The Morgan fingerprint density at radius 2 is 1.81 bits per heavy atom. The second-order valence-corrected chi connectivity index (χ2v) is 6.01. The van der Waals surface area contributed by atoms with Gasteiger partial charge in [-0.25, -0.2) is 0 Å². The van der Waals surface area contributed by atoms with Crippen molar-refractivity contribution in [3.05, 3.63) is 17.7 Å². The second kappa shape index (κ2) is 9.92. The molecule has 0 atom stereocenters. The zero-order valence-electron chi connectivity index (χ0n) is 13.7. The smallest absolute Gasteiger partial charge is 0.161 e. The third kappa shape index (κ3) is 6.16. The van der Waals surface area contributed by atoms with Gasteiger partial charge >= 0.3 is 0 Å². The molecule has 0 saturated carbocycles. The summed E-state index contributed by atoms with van der Waals surface area (Å²) in [5, 5.41) is 3.40. The highest BCUT2D eigenvalue weighted by Gasteiger charge is 2.10. The molecule has 0 amide bonds. The summed E-state index contributed by atoms with van der Waals surface area (Å²) in [5.74, 6) is 2.12. The molecular weight excluding hydrogens is 286 g/mol. The van der Waals surface area contributed by atoms with Crippen molar-refractivity contribution in [3.8, 4) is 11.5 Å². The predicted octanol–water partition coefficient (Wildman–Crippen LogP) is 3.19. The highest BCUT2D eigenvalue weighted by atomic mass is 32.2. The summed E-state index contributed by atoms with van der Waals surface area (Å²) in [6.07, 6.45) is 2.07. The Kier molecular flexibility index (Phi) is 8.57. The molecule has 120 valence electrons. The van der Waals surface area contributed by atoms with Crippen LogP contribution in [-0.4, -0.2) is 40.2 Å². The number of ether oxygens (including phenoxy) is 3. The van der Waals surface area contributed by atoms with Crippen LogP contribution in [0.5, 0.6) is 11.5 Å². The van der Waals surface area contributed by atoms with E-state index in [0.29, 0.717) is 5.92 Å². The summed E-state index contributed by atoms with van der Waals surface area (Å²) < 4.78 is 16.3. The van der Waals surface area contributed by atoms with E-state index < -0.39 is 0 Å². The van der Waals surface area contributed by atoms with Gasteiger partial charge in [-0.1, -0.05) is 13.8 Å². The molecule has 0 saturated heterocycles. The van der Waals surface area contributed by atoms with Crippen molar-refractivity contribution in [1.29, 1.82) is 0 Å². The lowest BCUT2D eigenvalue weighted by atomic mass is 10.2. The maximum atomic E-state index is 5.56. The first kappa shape index (κ1) is 18.1. The lowest BCUT2D eigenvalue weighted by molar-refractivity contribution is 0.111. The molecule has 1 aromatic carbocycles. The molecule has 0 aliphatic rings. The van der Waals surface area contributed by atoms with Crippen molar-refractivity contribution in [2.24, 2.45) is 5.92 Å². The number of nitrogens with one attached hydrogen (secondary N) is 1. The first-order valence-corrected chi connectivity index (χ1v) is 8.42. The van der Waals surface area contributed by atoms with Crippen molar-refractivity contribution < 1.29 is 14.2 Å². The number of hydrogen-bond donors (Lipinski definition) is 1. The van der Waals surface area contributed by atoms with Gasteiger partial charge in [0.2, 0.25) is 0 Å². The van der Waals surface area contributed by atoms with Gasteiger partial charge in [-0.3, -0.25) is 0 Å². The fourth-order valence-electron chi connectivity index (χ4n) is 1.92. The summed E-state index contributed by atoms with van der Waals surface area (Å²) in [6.45, 7) is 7.49. The van der Waals surface area contributed by atoms with Crippen molar-refractivity contribution >= 4 is 11.8 Å². The van der Waals surface area contributed by atoms with E-state index in [9.17, 15) is 0 Å². The van der Waals surface area contributed by atoms with E-state index in [0.717, 1.165) is 37.8 Å². The van der Waals surface area contributed by atoms with Crippen LogP contribution in [-0.2, 0) is 11.3 Å². The zero-order chi connectivity index (χ0) is 15.7. The molecule has 0 radical (unpaired) electrons. The van der Waals surface area contributed by atoms with Gasteiger partial charge in [0.15, 0.2) is 11.5 Å². The Bertz CT molecular complexity index is 424. The van der Waals surface area contributed by atoms with E-state index in [-0.39, 0.29) is 0 Å². The molecule has 1 aromatic rings. The SMILES string of the molecule is COc1cc(CNCCOCC(C)C)c(SC)cc1OC. The summed E-state index contributed by atoms with van der Waals surface area (Å²) in [6, 6.07) is 4.06. The van der Waals surface area contributed by atoms with E-state index in [4.69, 9.17) is 14.2 Å². The average molecular weight is 313 g/mol. The van der Waals surface area contributed by atoms with E-state index in [2.05, 4.69) is 25.4 Å². The standard InChI is InChI=1S/C16H27NO3S/c1-12(2)11-20-7-6-17-10-13-8-14(18-3)15(19-4)9-16(13)21-5/h8-9,12,17H,6-7,10-11H2,1-5H3. The monoisotopic (exact) mass is 313 g/mol. The van der Waals surface area contributed by atoms with Crippen LogP contribution in [0.3, 0.4) is 0 Å². The molecule has 4 nitrogen and oxygen atoms in total. The number of thioether (sulfide) groups is 1. The summed E-state index contributed by atoms with van der Waals surface area (Å²) in [7, 11) is 3.32. The molecule has 0 aliphatic carbocycles. The number of rotatable bonds is 10. The van der Waals surface area contributed by atoms with Gasteiger partial charge in [0, 0.05) is 24.6 Å². The maximum absolute atomic E-state index is 5.56.